The summed E-state index contributed by atoms with van der Waals surface area (Å²) in [7, 11) is 0. The van der Waals surface area contributed by atoms with Crippen LogP contribution in [0.4, 0.5) is 0 Å². The zero-order valence-corrected chi connectivity index (χ0v) is 10.4. The Morgan fingerprint density at radius 1 is 1.06 bits per heavy atom. The van der Waals surface area contributed by atoms with Gasteiger partial charge in [-0.25, -0.2) is 4.58 Å². The van der Waals surface area contributed by atoms with E-state index < -0.39 is 0 Å². The van der Waals surface area contributed by atoms with Crippen LogP contribution in [0.2, 0.25) is 0 Å². The average molecular weight is 237 g/mol. The van der Waals surface area contributed by atoms with E-state index in [4.69, 9.17) is 0 Å². The van der Waals surface area contributed by atoms with Gasteiger partial charge in [0.15, 0.2) is 6.21 Å². The van der Waals surface area contributed by atoms with Gasteiger partial charge in [-0.1, -0.05) is 18.2 Å². The van der Waals surface area contributed by atoms with Crippen LogP contribution in [-0.2, 0) is 12.8 Å². The number of fused-ring (bicyclic) bond motifs is 1. The summed E-state index contributed by atoms with van der Waals surface area (Å²) in [6.45, 7) is 2.21. The van der Waals surface area contributed by atoms with Crippen LogP contribution in [0.25, 0.3) is 0 Å². The fourth-order valence-electron chi connectivity index (χ4n) is 2.41. The predicted octanol–water partition coefficient (Wildman–Crippen LogP) is 2.31. The number of nitrogens with zero attached hydrogens (tertiary/aromatic N) is 2. The van der Waals surface area contributed by atoms with E-state index >= 15 is 0 Å². The van der Waals surface area contributed by atoms with Crippen molar-refractivity contribution in [2.24, 2.45) is 0 Å². The molecule has 0 aliphatic carbocycles. The fraction of sp³-hybridized carbons (Fsp3) is 0.250. The van der Waals surface area contributed by atoms with Gasteiger partial charge in [0.25, 0.3) is 0 Å². The van der Waals surface area contributed by atoms with E-state index in [1.807, 2.05) is 12.4 Å². The second-order valence-electron chi connectivity index (χ2n) is 4.72. The zero-order valence-electron chi connectivity index (χ0n) is 10.4. The van der Waals surface area contributed by atoms with Crippen molar-refractivity contribution in [2.45, 2.75) is 12.8 Å². The Balaban J connectivity index is 1.70. The molecule has 0 atom stereocenters. The second-order valence-corrected chi connectivity index (χ2v) is 4.72. The van der Waals surface area contributed by atoms with Crippen molar-refractivity contribution in [3.8, 4) is 0 Å². The van der Waals surface area contributed by atoms with Crippen LogP contribution >= 0.6 is 0 Å². The molecule has 1 aliphatic heterocycles. The molecule has 0 radical (unpaired) electrons. The lowest BCUT2D eigenvalue weighted by Crippen LogP contribution is -2.24. The van der Waals surface area contributed by atoms with Crippen molar-refractivity contribution in [1.82, 2.24) is 4.98 Å². The molecular weight excluding hydrogens is 220 g/mol. The quantitative estimate of drug-likeness (QED) is 0.748. The molecule has 2 heteroatoms. The highest BCUT2D eigenvalue weighted by Gasteiger charge is 2.14. The van der Waals surface area contributed by atoms with Gasteiger partial charge in [0, 0.05) is 30.8 Å². The summed E-state index contributed by atoms with van der Waals surface area (Å²) < 4.78 is 2.42. The minimum Gasteiger partial charge on any atom is -0.265 e. The Hall–Kier alpha value is -1.96. The smallest absolute Gasteiger partial charge is 0.170 e. The molecule has 0 bridgehead atoms. The number of rotatable bonds is 3. The molecular formula is C16H17N2+. The van der Waals surface area contributed by atoms with Gasteiger partial charge in [0.2, 0.25) is 0 Å². The Kier molecular flexibility index (Phi) is 3.18. The lowest BCUT2D eigenvalue weighted by Gasteiger charge is -2.12. The molecule has 1 aromatic carbocycles. The summed E-state index contributed by atoms with van der Waals surface area (Å²) in [6.07, 6.45) is 8.26. The van der Waals surface area contributed by atoms with Gasteiger partial charge in [0.05, 0.1) is 0 Å². The third-order valence-electron chi connectivity index (χ3n) is 3.48. The van der Waals surface area contributed by atoms with Crippen LogP contribution < -0.4 is 0 Å². The van der Waals surface area contributed by atoms with Crippen molar-refractivity contribution in [3.05, 3.63) is 65.5 Å². The van der Waals surface area contributed by atoms with E-state index in [9.17, 15) is 0 Å². The molecule has 2 aromatic rings. The van der Waals surface area contributed by atoms with Crippen molar-refractivity contribution < 1.29 is 4.58 Å². The topological polar surface area (TPSA) is 15.9 Å². The predicted molar refractivity (Wildman–Crippen MR) is 73.2 cm³/mol. The van der Waals surface area contributed by atoms with Crippen molar-refractivity contribution in [1.29, 1.82) is 0 Å². The minimum absolute atomic E-state index is 1.08. The van der Waals surface area contributed by atoms with Gasteiger partial charge < -0.3 is 0 Å². The van der Waals surface area contributed by atoms with Crippen LogP contribution in [0.15, 0.2) is 48.8 Å². The molecule has 0 unspecified atom stereocenters. The van der Waals surface area contributed by atoms with Crippen LogP contribution in [0.3, 0.4) is 0 Å². The highest BCUT2D eigenvalue weighted by atomic mass is 15.0. The Morgan fingerprint density at radius 3 is 2.78 bits per heavy atom. The van der Waals surface area contributed by atoms with Crippen LogP contribution in [-0.4, -0.2) is 28.9 Å². The zero-order chi connectivity index (χ0) is 12.2. The monoisotopic (exact) mass is 237 g/mol. The van der Waals surface area contributed by atoms with Gasteiger partial charge in [-0.05, 0) is 29.3 Å². The third kappa shape index (κ3) is 2.48. The van der Waals surface area contributed by atoms with Gasteiger partial charge in [-0.3, -0.25) is 4.98 Å². The standard InChI is InChI=1S/C16H17N2/c1-2-4-16-13-18(12-8-15(16)3-1)11-7-14-5-9-17-10-6-14/h1-6,9-10,13H,7-8,11-12H2/q+1. The average Bonchev–Trinajstić information content (AvgIpc) is 2.46. The summed E-state index contributed by atoms with van der Waals surface area (Å²) in [5, 5.41) is 0. The SMILES string of the molecule is C1=[N+](CCc2ccncc2)CCc2ccccc21. The lowest BCUT2D eigenvalue weighted by molar-refractivity contribution is -0.523. The molecule has 0 fully saturated rings. The van der Waals surface area contributed by atoms with Crippen LogP contribution in [0.1, 0.15) is 16.7 Å². The molecule has 0 saturated heterocycles. The maximum Gasteiger partial charge on any atom is 0.170 e. The van der Waals surface area contributed by atoms with Gasteiger partial charge in [-0.15, -0.1) is 0 Å². The molecule has 2 nitrogen and oxygen atoms in total. The van der Waals surface area contributed by atoms with E-state index in [0.29, 0.717) is 0 Å². The molecule has 0 saturated carbocycles. The lowest BCUT2D eigenvalue weighted by atomic mass is 10.0. The first-order chi connectivity index (χ1) is 8.92. The molecule has 1 aliphatic rings. The Morgan fingerprint density at radius 2 is 1.89 bits per heavy atom. The molecule has 1 aromatic heterocycles. The number of pyridine rings is 1. The highest BCUT2D eigenvalue weighted by molar-refractivity contribution is 5.78. The van der Waals surface area contributed by atoms with E-state index in [-0.39, 0.29) is 0 Å². The first kappa shape index (κ1) is 11.1. The number of benzene rings is 1. The maximum atomic E-state index is 4.05. The van der Waals surface area contributed by atoms with Gasteiger partial charge in [0.1, 0.15) is 13.1 Å². The molecule has 90 valence electrons. The first-order valence-electron chi connectivity index (χ1n) is 6.47. The van der Waals surface area contributed by atoms with Crippen molar-refractivity contribution in [3.63, 3.8) is 0 Å². The maximum absolute atomic E-state index is 4.05. The summed E-state index contributed by atoms with van der Waals surface area (Å²) in [6, 6.07) is 12.9. The van der Waals surface area contributed by atoms with E-state index in [1.165, 1.54) is 16.7 Å². The number of hydrogen-bond donors (Lipinski definition) is 0. The summed E-state index contributed by atoms with van der Waals surface area (Å²) in [5.74, 6) is 0. The molecule has 0 spiro atoms. The highest BCUT2D eigenvalue weighted by Crippen LogP contribution is 2.11. The summed E-state index contributed by atoms with van der Waals surface area (Å²) in [4.78, 5) is 4.05. The number of aromatic nitrogens is 1. The molecule has 0 N–H and O–H groups in total. The van der Waals surface area contributed by atoms with Gasteiger partial charge >= 0.3 is 0 Å². The third-order valence-corrected chi connectivity index (χ3v) is 3.48. The largest absolute Gasteiger partial charge is 0.265 e. The van der Waals surface area contributed by atoms with Crippen LogP contribution in [0, 0.1) is 0 Å². The summed E-state index contributed by atoms with van der Waals surface area (Å²) in [5.41, 5.74) is 4.20. The molecule has 3 rings (SSSR count). The Bertz CT molecular complexity index is 558. The van der Waals surface area contributed by atoms with E-state index in [1.54, 1.807) is 0 Å². The Labute approximate surface area is 108 Å². The minimum atomic E-state index is 1.08. The number of hydrogen-bond acceptors (Lipinski definition) is 1. The van der Waals surface area contributed by atoms with E-state index in [0.717, 1.165) is 25.9 Å². The normalized spacial score (nSPS) is 13.9. The van der Waals surface area contributed by atoms with E-state index in [2.05, 4.69) is 52.2 Å². The van der Waals surface area contributed by atoms with Crippen molar-refractivity contribution in [2.75, 3.05) is 13.1 Å². The van der Waals surface area contributed by atoms with Gasteiger partial charge in [-0.2, -0.15) is 0 Å². The summed E-state index contributed by atoms with van der Waals surface area (Å²) >= 11 is 0. The molecule has 0 amide bonds. The fourth-order valence-corrected chi connectivity index (χ4v) is 2.41. The van der Waals surface area contributed by atoms with Crippen LogP contribution in [0.5, 0.6) is 0 Å². The first-order valence-corrected chi connectivity index (χ1v) is 6.47. The van der Waals surface area contributed by atoms with Crippen molar-refractivity contribution >= 4 is 6.21 Å². The second kappa shape index (κ2) is 5.13. The molecule has 18 heavy (non-hydrogen) atoms. The molecule has 2 heterocycles.